The molecular weight excluding hydrogens is 282 g/mol. The zero-order valence-corrected chi connectivity index (χ0v) is 12.8. The maximum atomic E-state index is 12.3. The summed E-state index contributed by atoms with van der Waals surface area (Å²) in [6.07, 6.45) is 2.41. The van der Waals surface area contributed by atoms with Gasteiger partial charge < -0.3 is 14.8 Å². The highest BCUT2D eigenvalue weighted by atomic mass is 16.5. The predicted octanol–water partition coefficient (Wildman–Crippen LogP) is 2.31. The normalized spacial score (nSPS) is 21.3. The van der Waals surface area contributed by atoms with Gasteiger partial charge in [-0.15, -0.1) is 0 Å². The molecule has 22 heavy (non-hydrogen) atoms. The molecule has 1 aromatic rings. The molecule has 2 aliphatic rings. The molecule has 0 fully saturated rings. The van der Waals surface area contributed by atoms with E-state index in [1.807, 2.05) is 18.2 Å². The van der Waals surface area contributed by atoms with Gasteiger partial charge in [-0.05, 0) is 30.5 Å². The van der Waals surface area contributed by atoms with Gasteiger partial charge in [-0.25, -0.2) is 0 Å². The minimum absolute atomic E-state index is 0.0340. The summed E-state index contributed by atoms with van der Waals surface area (Å²) in [4.78, 5) is 24.3. The number of methoxy groups -OCH3 is 2. The molecule has 1 aliphatic carbocycles. The second-order valence-corrected chi connectivity index (χ2v) is 5.59. The SMILES string of the molecule is COc1ccc([C@@H]2CC(=O)NC3=C2C(=O)CCC3)cc1OC. The van der Waals surface area contributed by atoms with Gasteiger partial charge in [0.05, 0.1) is 14.2 Å². The molecule has 0 saturated carbocycles. The molecule has 3 rings (SSSR count). The summed E-state index contributed by atoms with van der Waals surface area (Å²) < 4.78 is 10.6. The molecular formula is C17H19NO4. The summed E-state index contributed by atoms with van der Waals surface area (Å²) in [5.41, 5.74) is 2.47. The Morgan fingerprint density at radius 3 is 2.59 bits per heavy atom. The lowest BCUT2D eigenvalue weighted by atomic mass is 9.78. The van der Waals surface area contributed by atoms with Crippen LogP contribution >= 0.6 is 0 Å². The van der Waals surface area contributed by atoms with Crippen LogP contribution < -0.4 is 14.8 Å². The number of Topliss-reactive ketones (excluding diaryl/α,β-unsaturated/α-hetero) is 1. The minimum atomic E-state index is -0.198. The van der Waals surface area contributed by atoms with Gasteiger partial charge in [-0.1, -0.05) is 6.07 Å². The maximum Gasteiger partial charge on any atom is 0.225 e. The molecule has 0 saturated heterocycles. The summed E-state index contributed by atoms with van der Waals surface area (Å²) in [6.45, 7) is 0. The zero-order valence-electron chi connectivity index (χ0n) is 12.8. The van der Waals surface area contributed by atoms with E-state index in [4.69, 9.17) is 9.47 Å². The van der Waals surface area contributed by atoms with Crippen molar-refractivity contribution in [1.29, 1.82) is 0 Å². The first kappa shape index (κ1) is 14.6. The molecule has 5 heteroatoms. The number of benzene rings is 1. The fourth-order valence-corrected chi connectivity index (χ4v) is 3.26. The van der Waals surface area contributed by atoms with Gasteiger partial charge in [-0.3, -0.25) is 9.59 Å². The lowest BCUT2D eigenvalue weighted by Gasteiger charge is -2.31. The van der Waals surface area contributed by atoms with Crippen LogP contribution in [0.1, 0.15) is 37.2 Å². The Morgan fingerprint density at radius 2 is 1.86 bits per heavy atom. The first-order valence-corrected chi connectivity index (χ1v) is 7.42. The number of carbonyl (C=O) groups excluding carboxylic acids is 2. The van der Waals surface area contributed by atoms with Crippen molar-refractivity contribution in [2.24, 2.45) is 0 Å². The Balaban J connectivity index is 2.05. The number of hydrogen-bond acceptors (Lipinski definition) is 4. The van der Waals surface area contributed by atoms with Gasteiger partial charge in [0, 0.05) is 30.0 Å². The minimum Gasteiger partial charge on any atom is -0.493 e. The monoisotopic (exact) mass is 301 g/mol. The molecule has 0 aromatic heterocycles. The second kappa shape index (κ2) is 5.83. The molecule has 1 N–H and O–H groups in total. The third-order valence-corrected chi connectivity index (χ3v) is 4.29. The molecule has 0 radical (unpaired) electrons. The van der Waals surface area contributed by atoms with E-state index < -0.39 is 0 Å². The maximum absolute atomic E-state index is 12.3. The number of amides is 1. The fourth-order valence-electron chi connectivity index (χ4n) is 3.26. The highest BCUT2D eigenvalue weighted by Gasteiger charge is 2.35. The van der Waals surface area contributed by atoms with Crippen LogP contribution in [0.3, 0.4) is 0 Å². The highest BCUT2D eigenvalue weighted by Crippen LogP contribution is 2.40. The van der Waals surface area contributed by atoms with Crippen LogP contribution in [-0.2, 0) is 9.59 Å². The van der Waals surface area contributed by atoms with Gasteiger partial charge in [-0.2, -0.15) is 0 Å². The molecule has 0 bridgehead atoms. The standard InChI is InChI=1S/C17H19NO4/c1-21-14-7-6-10(8-15(14)22-2)11-9-16(20)18-12-4-3-5-13(19)17(11)12/h6-8,11H,3-5,9H2,1-2H3,(H,18,20)/t11-/m0/s1. The molecule has 1 heterocycles. The van der Waals surface area contributed by atoms with Crippen molar-refractivity contribution in [3.63, 3.8) is 0 Å². The number of allylic oxidation sites excluding steroid dienone is 2. The van der Waals surface area contributed by atoms with Crippen molar-refractivity contribution in [3.05, 3.63) is 35.0 Å². The summed E-state index contributed by atoms with van der Waals surface area (Å²) >= 11 is 0. The Bertz CT molecular complexity index is 663. The van der Waals surface area contributed by atoms with Crippen LogP contribution in [0.2, 0.25) is 0 Å². The summed E-state index contributed by atoms with van der Waals surface area (Å²) in [7, 11) is 3.16. The molecule has 116 valence electrons. The van der Waals surface area contributed by atoms with Crippen LogP contribution in [0, 0.1) is 0 Å². The molecule has 0 unspecified atom stereocenters. The van der Waals surface area contributed by atoms with Gasteiger partial charge in [0.2, 0.25) is 5.91 Å². The molecule has 1 atom stereocenters. The van der Waals surface area contributed by atoms with E-state index in [2.05, 4.69) is 5.32 Å². The summed E-state index contributed by atoms with van der Waals surface area (Å²) in [5.74, 6) is 1.15. The second-order valence-electron chi connectivity index (χ2n) is 5.59. The smallest absolute Gasteiger partial charge is 0.225 e. The summed E-state index contributed by atoms with van der Waals surface area (Å²) in [6, 6.07) is 5.57. The predicted molar refractivity (Wildman–Crippen MR) is 80.9 cm³/mol. The van der Waals surface area contributed by atoms with Gasteiger partial charge in [0.15, 0.2) is 17.3 Å². The number of ether oxygens (including phenoxy) is 2. The van der Waals surface area contributed by atoms with Crippen LogP contribution in [0.5, 0.6) is 11.5 Å². The number of rotatable bonds is 3. The number of carbonyl (C=O) groups is 2. The quantitative estimate of drug-likeness (QED) is 0.930. The Hall–Kier alpha value is -2.30. The van der Waals surface area contributed by atoms with E-state index in [1.165, 1.54) is 0 Å². The van der Waals surface area contributed by atoms with Crippen LogP contribution in [0.15, 0.2) is 29.5 Å². The number of nitrogens with one attached hydrogen (secondary N) is 1. The van der Waals surface area contributed by atoms with Crippen LogP contribution in [0.4, 0.5) is 0 Å². The topological polar surface area (TPSA) is 64.6 Å². The molecule has 1 aliphatic heterocycles. The van der Waals surface area contributed by atoms with E-state index in [9.17, 15) is 9.59 Å². The van der Waals surface area contributed by atoms with Crippen molar-refractivity contribution in [3.8, 4) is 11.5 Å². The molecule has 1 amide bonds. The van der Waals surface area contributed by atoms with Crippen LogP contribution in [0.25, 0.3) is 0 Å². The van der Waals surface area contributed by atoms with E-state index in [0.717, 1.165) is 29.7 Å². The third-order valence-electron chi connectivity index (χ3n) is 4.29. The van der Waals surface area contributed by atoms with Crippen molar-refractivity contribution >= 4 is 11.7 Å². The van der Waals surface area contributed by atoms with E-state index in [-0.39, 0.29) is 17.6 Å². The van der Waals surface area contributed by atoms with Gasteiger partial charge in [0.1, 0.15) is 0 Å². The third kappa shape index (κ3) is 2.47. The summed E-state index contributed by atoms with van der Waals surface area (Å²) in [5, 5.41) is 2.86. The van der Waals surface area contributed by atoms with Gasteiger partial charge >= 0.3 is 0 Å². The van der Waals surface area contributed by atoms with Crippen molar-refractivity contribution < 1.29 is 19.1 Å². The molecule has 5 nitrogen and oxygen atoms in total. The number of hydrogen-bond donors (Lipinski definition) is 1. The average molecular weight is 301 g/mol. The van der Waals surface area contributed by atoms with E-state index in [0.29, 0.717) is 24.3 Å². The lowest BCUT2D eigenvalue weighted by molar-refractivity contribution is -0.122. The first-order valence-electron chi connectivity index (χ1n) is 7.42. The van der Waals surface area contributed by atoms with E-state index in [1.54, 1.807) is 14.2 Å². The fraction of sp³-hybridized carbons (Fsp3) is 0.412. The Kier molecular flexibility index (Phi) is 3.88. The highest BCUT2D eigenvalue weighted by molar-refractivity contribution is 6.01. The first-order chi connectivity index (χ1) is 10.6. The van der Waals surface area contributed by atoms with Crippen LogP contribution in [-0.4, -0.2) is 25.9 Å². The van der Waals surface area contributed by atoms with E-state index >= 15 is 0 Å². The largest absolute Gasteiger partial charge is 0.493 e. The molecule has 0 spiro atoms. The Labute approximate surface area is 129 Å². The van der Waals surface area contributed by atoms with Crippen molar-refractivity contribution in [1.82, 2.24) is 5.32 Å². The molecule has 1 aromatic carbocycles. The Morgan fingerprint density at radius 1 is 1.09 bits per heavy atom. The van der Waals surface area contributed by atoms with Crippen molar-refractivity contribution in [2.45, 2.75) is 31.6 Å². The lowest BCUT2D eigenvalue weighted by Crippen LogP contribution is -2.36. The average Bonchev–Trinajstić information content (AvgIpc) is 2.53. The van der Waals surface area contributed by atoms with Gasteiger partial charge in [0.25, 0.3) is 0 Å². The zero-order chi connectivity index (χ0) is 15.7. The van der Waals surface area contributed by atoms with Crippen molar-refractivity contribution in [2.75, 3.05) is 14.2 Å². The number of ketones is 1.